The highest BCUT2D eigenvalue weighted by Gasteiger charge is 2.34. The summed E-state index contributed by atoms with van der Waals surface area (Å²) in [7, 11) is 0. The lowest BCUT2D eigenvalue weighted by Gasteiger charge is -2.34. The van der Waals surface area contributed by atoms with Gasteiger partial charge in [-0.25, -0.2) is 0 Å². The summed E-state index contributed by atoms with van der Waals surface area (Å²) in [5.41, 5.74) is 2.78. The molecule has 74 valence electrons. The van der Waals surface area contributed by atoms with Crippen molar-refractivity contribution in [3.05, 3.63) is 29.8 Å². The fraction of sp³-hybridized carbons (Fsp3) is 0.500. The molecule has 2 heterocycles. The Bertz CT molecular complexity index is 348. The molecule has 0 radical (unpaired) electrons. The topological polar surface area (TPSA) is 15.3 Å². The van der Waals surface area contributed by atoms with E-state index in [4.69, 9.17) is 0 Å². The van der Waals surface area contributed by atoms with Crippen LogP contribution < -0.4 is 5.32 Å². The number of nitrogens with zero attached hydrogens (tertiary/aromatic N) is 1. The summed E-state index contributed by atoms with van der Waals surface area (Å²) in [4.78, 5) is 2.55. The highest BCUT2D eigenvalue weighted by Crippen LogP contribution is 2.33. The van der Waals surface area contributed by atoms with Crippen LogP contribution in [0.15, 0.2) is 24.3 Å². The number of hydrogen-bond acceptors (Lipinski definition) is 2. The van der Waals surface area contributed by atoms with Crippen molar-refractivity contribution >= 4 is 5.69 Å². The van der Waals surface area contributed by atoms with E-state index in [2.05, 4.69) is 41.4 Å². The molecule has 0 aromatic heterocycles. The Morgan fingerprint density at radius 3 is 3.14 bits per heavy atom. The lowest BCUT2D eigenvalue weighted by molar-refractivity contribution is 0.236. The van der Waals surface area contributed by atoms with Gasteiger partial charge in [-0.3, -0.25) is 4.90 Å². The number of hydrogen-bond donors (Lipinski definition) is 1. The van der Waals surface area contributed by atoms with Gasteiger partial charge >= 0.3 is 0 Å². The van der Waals surface area contributed by atoms with Crippen LogP contribution >= 0.6 is 0 Å². The molecule has 1 fully saturated rings. The van der Waals surface area contributed by atoms with Crippen molar-refractivity contribution in [3.8, 4) is 0 Å². The van der Waals surface area contributed by atoms with Crippen molar-refractivity contribution in [3.63, 3.8) is 0 Å². The Morgan fingerprint density at radius 2 is 2.21 bits per heavy atom. The van der Waals surface area contributed by atoms with Crippen LogP contribution in [-0.2, 0) is 6.54 Å². The lowest BCUT2D eigenvalue weighted by Crippen LogP contribution is -2.41. The van der Waals surface area contributed by atoms with Crippen LogP contribution in [0.3, 0.4) is 0 Å². The normalized spacial score (nSPS) is 30.6. The second-order valence-corrected chi connectivity index (χ2v) is 4.48. The quantitative estimate of drug-likeness (QED) is 0.672. The summed E-state index contributed by atoms with van der Waals surface area (Å²) in [5, 5.41) is 3.63. The average molecular weight is 188 g/mol. The van der Waals surface area contributed by atoms with E-state index >= 15 is 0 Å². The maximum absolute atomic E-state index is 3.63. The van der Waals surface area contributed by atoms with Gasteiger partial charge in [-0.05, 0) is 24.0 Å². The van der Waals surface area contributed by atoms with Gasteiger partial charge in [0.15, 0.2) is 0 Å². The van der Waals surface area contributed by atoms with Gasteiger partial charge in [0.05, 0.1) is 6.17 Å². The molecular weight excluding hydrogens is 172 g/mol. The summed E-state index contributed by atoms with van der Waals surface area (Å²) < 4.78 is 0. The van der Waals surface area contributed by atoms with Gasteiger partial charge in [0.2, 0.25) is 0 Å². The summed E-state index contributed by atoms with van der Waals surface area (Å²) >= 11 is 0. The molecule has 2 aliphatic rings. The average Bonchev–Trinajstić information content (AvgIpc) is 2.57. The molecule has 0 spiro atoms. The molecule has 0 saturated carbocycles. The summed E-state index contributed by atoms with van der Waals surface area (Å²) in [5.74, 6) is 0.781. The fourth-order valence-corrected chi connectivity index (χ4v) is 2.61. The van der Waals surface area contributed by atoms with E-state index in [-0.39, 0.29) is 0 Å². The van der Waals surface area contributed by atoms with Crippen molar-refractivity contribution in [2.24, 2.45) is 5.92 Å². The maximum Gasteiger partial charge on any atom is 0.0822 e. The minimum atomic E-state index is 0.574. The molecule has 2 nitrogen and oxygen atoms in total. The number of nitrogens with one attached hydrogen (secondary N) is 1. The van der Waals surface area contributed by atoms with Crippen molar-refractivity contribution in [2.45, 2.75) is 26.1 Å². The Hall–Kier alpha value is -1.02. The van der Waals surface area contributed by atoms with Crippen LogP contribution in [-0.4, -0.2) is 17.6 Å². The summed E-state index contributed by atoms with van der Waals surface area (Å²) in [6.07, 6.45) is 1.90. The molecule has 3 rings (SSSR count). The van der Waals surface area contributed by atoms with Crippen molar-refractivity contribution in [2.75, 3.05) is 11.9 Å². The number of benzene rings is 1. The van der Waals surface area contributed by atoms with Crippen molar-refractivity contribution in [1.82, 2.24) is 4.90 Å². The van der Waals surface area contributed by atoms with E-state index in [1.54, 1.807) is 0 Å². The minimum absolute atomic E-state index is 0.574. The SMILES string of the molecule is CC1CCN2Cc3ccccc3NC12. The van der Waals surface area contributed by atoms with Gasteiger partial charge in [-0.2, -0.15) is 0 Å². The smallest absolute Gasteiger partial charge is 0.0822 e. The second-order valence-electron chi connectivity index (χ2n) is 4.48. The van der Waals surface area contributed by atoms with Crippen LogP contribution in [0.1, 0.15) is 18.9 Å². The van der Waals surface area contributed by atoms with Crippen LogP contribution in [0, 0.1) is 5.92 Å². The number of rotatable bonds is 0. The monoisotopic (exact) mass is 188 g/mol. The molecule has 1 aromatic carbocycles. The Balaban J connectivity index is 1.95. The maximum atomic E-state index is 3.63. The third-order valence-electron chi connectivity index (χ3n) is 3.50. The highest BCUT2D eigenvalue weighted by atomic mass is 15.3. The largest absolute Gasteiger partial charge is 0.369 e. The molecule has 1 aromatic rings. The van der Waals surface area contributed by atoms with Crippen molar-refractivity contribution < 1.29 is 0 Å². The third kappa shape index (κ3) is 1.14. The number of fused-ring (bicyclic) bond motifs is 2. The molecule has 0 amide bonds. The molecule has 14 heavy (non-hydrogen) atoms. The summed E-state index contributed by atoms with van der Waals surface area (Å²) in [6.45, 7) is 4.71. The van der Waals surface area contributed by atoms with Gasteiger partial charge in [-0.1, -0.05) is 25.1 Å². The van der Waals surface area contributed by atoms with Crippen molar-refractivity contribution in [1.29, 1.82) is 0 Å². The van der Waals surface area contributed by atoms with E-state index < -0.39 is 0 Å². The van der Waals surface area contributed by atoms with Gasteiger partial charge in [0.1, 0.15) is 0 Å². The zero-order valence-electron chi connectivity index (χ0n) is 8.53. The van der Waals surface area contributed by atoms with E-state index in [9.17, 15) is 0 Å². The van der Waals surface area contributed by atoms with E-state index in [1.165, 1.54) is 24.2 Å². The molecule has 2 atom stereocenters. The van der Waals surface area contributed by atoms with Gasteiger partial charge in [-0.15, -0.1) is 0 Å². The first-order valence-electron chi connectivity index (χ1n) is 5.43. The van der Waals surface area contributed by atoms with Crippen LogP contribution in [0.4, 0.5) is 5.69 Å². The Labute approximate surface area is 84.9 Å². The first-order valence-corrected chi connectivity index (χ1v) is 5.43. The van der Waals surface area contributed by atoms with Gasteiger partial charge in [0.25, 0.3) is 0 Å². The fourth-order valence-electron chi connectivity index (χ4n) is 2.61. The van der Waals surface area contributed by atoms with Crippen LogP contribution in [0.2, 0.25) is 0 Å². The number of anilines is 1. The Kier molecular flexibility index (Phi) is 1.77. The first kappa shape index (κ1) is 8.30. The van der Waals surface area contributed by atoms with Gasteiger partial charge in [0, 0.05) is 18.8 Å². The first-order chi connectivity index (χ1) is 6.84. The van der Waals surface area contributed by atoms with E-state index in [1.807, 2.05) is 0 Å². The molecule has 2 heteroatoms. The Morgan fingerprint density at radius 1 is 1.36 bits per heavy atom. The molecule has 0 aliphatic carbocycles. The third-order valence-corrected chi connectivity index (χ3v) is 3.50. The predicted octanol–water partition coefficient (Wildman–Crippen LogP) is 2.28. The molecule has 1 saturated heterocycles. The lowest BCUT2D eigenvalue weighted by atomic mass is 10.1. The molecule has 0 bridgehead atoms. The highest BCUT2D eigenvalue weighted by molar-refractivity contribution is 5.53. The number of para-hydroxylation sites is 1. The zero-order valence-corrected chi connectivity index (χ0v) is 8.53. The van der Waals surface area contributed by atoms with Gasteiger partial charge < -0.3 is 5.32 Å². The molecule has 1 N–H and O–H groups in total. The molecule has 2 aliphatic heterocycles. The molecular formula is C12H16N2. The van der Waals surface area contributed by atoms with E-state index in [0.29, 0.717) is 6.17 Å². The van der Waals surface area contributed by atoms with Crippen LogP contribution in [0.25, 0.3) is 0 Å². The zero-order chi connectivity index (χ0) is 9.54. The minimum Gasteiger partial charge on any atom is -0.369 e. The second kappa shape index (κ2) is 2.99. The summed E-state index contributed by atoms with van der Waals surface area (Å²) in [6, 6.07) is 8.65. The van der Waals surface area contributed by atoms with Crippen LogP contribution in [0.5, 0.6) is 0 Å². The van der Waals surface area contributed by atoms with E-state index in [0.717, 1.165) is 12.5 Å². The molecule has 2 unspecified atom stereocenters. The predicted molar refractivity (Wildman–Crippen MR) is 58.0 cm³/mol. The standard InChI is InChI=1S/C12H16N2/c1-9-6-7-14-8-10-4-2-3-5-11(10)13-12(9)14/h2-5,9,12-13H,6-8H2,1H3.